The second-order valence-corrected chi connectivity index (χ2v) is 7.55. The molecule has 2 saturated carbocycles. The summed E-state index contributed by atoms with van der Waals surface area (Å²) in [5, 5.41) is 11.9. The maximum Gasteiger partial charge on any atom is 0.407 e. The standard InChI is InChI=1S/C21H19NO4/c23-19(24)17-9-21(17)10-18(21)22-20(25)26-11-16-14-7-3-1-5-12(14)13-6-2-4-8-15(13)16/h1-8,16-18H,9-11H2,(H,22,25)(H,23,24). The Labute approximate surface area is 151 Å². The third-order valence-corrected chi connectivity index (χ3v) is 6.17. The van der Waals surface area contributed by atoms with E-state index in [1.807, 2.05) is 24.3 Å². The van der Waals surface area contributed by atoms with E-state index in [1.165, 1.54) is 22.3 Å². The topological polar surface area (TPSA) is 75.6 Å². The molecule has 3 aliphatic carbocycles. The van der Waals surface area contributed by atoms with E-state index in [0.29, 0.717) is 6.42 Å². The van der Waals surface area contributed by atoms with Crippen molar-refractivity contribution < 1.29 is 19.4 Å². The number of carboxylic acids is 1. The molecule has 132 valence electrons. The Balaban J connectivity index is 1.25. The van der Waals surface area contributed by atoms with E-state index < -0.39 is 12.1 Å². The highest BCUT2D eigenvalue weighted by Gasteiger charge is 2.74. The lowest BCUT2D eigenvalue weighted by atomic mass is 9.98. The molecule has 2 aromatic rings. The number of amides is 1. The molecule has 3 atom stereocenters. The van der Waals surface area contributed by atoms with E-state index in [9.17, 15) is 9.59 Å². The zero-order valence-corrected chi connectivity index (χ0v) is 14.1. The predicted molar refractivity (Wildman–Crippen MR) is 94.8 cm³/mol. The molecule has 2 aromatic carbocycles. The van der Waals surface area contributed by atoms with E-state index in [1.54, 1.807) is 0 Å². The van der Waals surface area contributed by atoms with Crippen LogP contribution in [0.5, 0.6) is 0 Å². The van der Waals surface area contributed by atoms with Gasteiger partial charge in [0, 0.05) is 17.4 Å². The fraction of sp³-hybridized carbons (Fsp3) is 0.333. The minimum absolute atomic E-state index is 0.0361. The lowest BCUT2D eigenvalue weighted by molar-refractivity contribution is -0.139. The Kier molecular flexibility index (Phi) is 3.17. The molecule has 5 nitrogen and oxygen atoms in total. The second kappa shape index (κ2) is 5.34. The molecule has 1 amide bonds. The van der Waals surface area contributed by atoms with Gasteiger partial charge in [-0.3, -0.25) is 4.79 Å². The molecule has 26 heavy (non-hydrogen) atoms. The van der Waals surface area contributed by atoms with Gasteiger partial charge in [0.15, 0.2) is 0 Å². The molecule has 2 N–H and O–H groups in total. The van der Waals surface area contributed by atoms with Gasteiger partial charge in [0.25, 0.3) is 0 Å². The number of hydrogen-bond acceptors (Lipinski definition) is 3. The van der Waals surface area contributed by atoms with Crippen molar-refractivity contribution in [3.05, 3.63) is 59.7 Å². The summed E-state index contributed by atoms with van der Waals surface area (Å²) in [7, 11) is 0. The number of nitrogens with one attached hydrogen (secondary N) is 1. The maximum atomic E-state index is 12.2. The first-order chi connectivity index (χ1) is 12.6. The van der Waals surface area contributed by atoms with Crippen LogP contribution in [0.15, 0.2) is 48.5 Å². The van der Waals surface area contributed by atoms with Gasteiger partial charge < -0.3 is 15.2 Å². The van der Waals surface area contributed by atoms with Gasteiger partial charge in [0.2, 0.25) is 0 Å². The van der Waals surface area contributed by atoms with Gasteiger partial charge in [-0.2, -0.15) is 0 Å². The lowest BCUT2D eigenvalue weighted by Crippen LogP contribution is -2.29. The van der Waals surface area contributed by atoms with Crippen LogP contribution in [0.3, 0.4) is 0 Å². The number of ether oxygens (including phenoxy) is 1. The van der Waals surface area contributed by atoms with Crippen molar-refractivity contribution in [2.24, 2.45) is 11.3 Å². The Hall–Kier alpha value is -2.82. The van der Waals surface area contributed by atoms with Crippen molar-refractivity contribution in [1.82, 2.24) is 5.32 Å². The van der Waals surface area contributed by atoms with Crippen molar-refractivity contribution >= 4 is 12.1 Å². The van der Waals surface area contributed by atoms with E-state index in [4.69, 9.17) is 9.84 Å². The van der Waals surface area contributed by atoms with Crippen molar-refractivity contribution in [1.29, 1.82) is 0 Å². The van der Waals surface area contributed by atoms with Crippen LogP contribution in [0.25, 0.3) is 11.1 Å². The Morgan fingerprint density at radius 2 is 1.65 bits per heavy atom. The van der Waals surface area contributed by atoms with Gasteiger partial charge in [0.05, 0.1) is 5.92 Å². The van der Waals surface area contributed by atoms with E-state index in [-0.39, 0.29) is 29.9 Å². The largest absolute Gasteiger partial charge is 0.481 e. The summed E-state index contributed by atoms with van der Waals surface area (Å²) in [6.45, 7) is 0.280. The molecule has 0 heterocycles. The summed E-state index contributed by atoms with van der Waals surface area (Å²) in [6, 6.07) is 16.4. The van der Waals surface area contributed by atoms with Crippen LogP contribution in [0.1, 0.15) is 29.9 Å². The molecule has 0 bridgehead atoms. The average molecular weight is 349 g/mol. The summed E-state index contributed by atoms with van der Waals surface area (Å²) >= 11 is 0. The number of carboxylic acid groups (broad SMARTS) is 1. The minimum atomic E-state index is -0.762. The monoisotopic (exact) mass is 349 g/mol. The Morgan fingerprint density at radius 3 is 2.23 bits per heavy atom. The summed E-state index contributed by atoms with van der Waals surface area (Å²) < 4.78 is 5.51. The number of carbonyl (C=O) groups excluding carboxylic acids is 1. The fourth-order valence-corrected chi connectivity index (χ4v) is 4.56. The first kappa shape index (κ1) is 15.4. The molecule has 0 saturated heterocycles. The third-order valence-electron chi connectivity index (χ3n) is 6.17. The third kappa shape index (κ3) is 2.23. The first-order valence-corrected chi connectivity index (χ1v) is 8.94. The number of fused-ring (bicyclic) bond motifs is 3. The van der Waals surface area contributed by atoms with Crippen LogP contribution in [0.4, 0.5) is 4.79 Å². The highest BCUT2D eigenvalue weighted by atomic mass is 16.5. The smallest absolute Gasteiger partial charge is 0.407 e. The molecule has 1 spiro atoms. The van der Waals surface area contributed by atoms with Crippen molar-refractivity contribution in [3.63, 3.8) is 0 Å². The van der Waals surface area contributed by atoms with Crippen molar-refractivity contribution in [2.45, 2.75) is 24.8 Å². The van der Waals surface area contributed by atoms with Gasteiger partial charge in [0.1, 0.15) is 6.61 Å². The number of aliphatic carboxylic acids is 1. The summed E-state index contributed by atoms with van der Waals surface area (Å²) in [5.41, 5.74) is 4.55. The zero-order chi connectivity index (χ0) is 17.9. The zero-order valence-electron chi connectivity index (χ0n) is 14.1. The lowest BCUT2D eigenvalue weighted by Gasteiger charge is -2.14. The van der Waals surface area contributed by atoms with Gasteiger partial charge in [-0.25, -0.2) is 4.79 Å². The van der Waals surface area contributed by atoms with Crippen LogP contribution in [-0.4, -0.2) is 29.8 Å². The van der Waals surface area contributed by atoms with Crippen molar-refractivity contribution in [3.8, 4) is 11.1 Å². The molecule has 2 fully saturated rings. The highest BCUT2D eigenvalue weighted by Crippen LogP contribution is 2.70. The molecule has 5 heteroatoms. The van der Waals surface area contributed by atoms with Crippen LogP contribution in [-0.2, 0) is 9.53 Å². The second-order valence-electron chi connectivity index (χ2n) is 7.55. The molecule has 5 rings (SSSR count). The number of hydrogen-bond donors (Lipinski definition) is 2. The van der Waals surface area contributed by atoms with Gasteiger partial charge >= 0.3 is 12.1 Å². The quantitative estimate of drug-likeness (QED) is 0.887. The summed E-state index contributed by atoms with van der Waals surface area (Å²) in [4.78, 5) is 23.2. The number of benzene rings is 2. The van der Waals surface area contributed by atoms with Crippen molar-refractivity contribution in [2.75, 3.05) is 6.61 Å². The van der Waals surface area contributed by atoms with E-state index >= 15 is 0 Å². The molecule has 3 aliphatic rings. The van der Waals surface area contributed by atoms with Gasteiger partial charge in [-0.1, -0.05) is 48.5 Å². The summed E-state index contributed by atoms with van der Waals surface area (Å²) in [5.74, 6) is -1.03. The molecule has 0 aliphatic heterocycles. The number of rotatable bonds is 4. The molecular weight excluding hydrogens is 330 g/mol. The van der Waals surface area contributed by atoms with E-state index in [2.05, 4.69) is 29.6 Å². The predicted octanol–water partition coefficient (Wildman–Crippen LogP) is 3.39. The Morgan fingerprint density at radius 1 is 1.04 bits per heavy atom. The van der Waals surface area contributed by atoms with Crippen LogP contribution in [0, 0.1) is 11.3 Å². The van der Waals surface area contributed by atoms with Crippen LogP contribution < -0.4 is 5.32 Å². The summed E-state index contributed by atoms with van der Waals surface area (Å²) in [6.07, 6.45) is 0.954. The fourth-order valence-electron chi connectivity index (χ4n) is 4.56. The number of alkyl carbamates (subject to hydrolysis) is 1. The maximum absolute atomic E-state index is 12.2. The SMILES string of the molecule is O=C(NC1CC12CC2C(=O)O)OCC1c2ccccc2-c2ccccc21. The molecule has 0 aromatic heterocycles. The van der Waals surface area contributed by atoms with Gasteiger partial charge in [-0.05, 0) is 35.1 Å². The van der Waals surface area contributed by atoms with E-state index in [0.717, 1.165) is 6.42 Å². The molecule has 3 unspecified atom stereocenters. The molecular formula is C21H19NO4. The van der Waals surface area contributed by atoms with Crippen LogP contribution in [0.2, 0.25) is 0 Å². The van der Waals surface area contributed by atoms with Gasteiger partial charge in [-0.15, -0.1) is 0 Å². The minimum Gasteiger partial charge on any atom is -0.481 e. The normalized spacial score (nSPS) is 27.5. The molecule has 0 radical (unpaired) electrons. The highest BCUT2D eigenvalue weighted by molar-refractivity contribution is 5.79. The average Bonchev–Trinajstić information content (AvgIpc) is 3.51. The first-order valence-electron chi connectivity index (χ1n) is 8.94. The van der Waals surface area contributed by atoms with Crippen LogP contribution >= 0.6 is 0 Å². The Bertz CT molecular complexity index is 878. The number of carbonyl (C=O) groups is 2.